The quantitative estimate of drug-likeness (QED) is 0.550. The monoisotopic (exact) mass is 520 g/mol. The van der Waals surface area contributed by atoms with Gasteiger partial charge in [0.25, 0.3) is 5.56 Å². The van der Waals surface area contributed by atoms with Gasteiger partial charge < -0.3 is 9.67 Å². The second-order valence-electron chi connectivity index (χ2n) is 7.23. The number of benzene rings is 1. The van der Waals surface area contributed by atoms with Gasteiger partial charge in [-0.25, -0.2) is 12.8 Å². The number of nitrogens with one attached hydrogen (secondary N) is 1. The van der Waals surface area contributed by atoms with Crippen molar-refractivity contribution >= 4 is 38.3 Å². The van der Waals surface area contributed by atoms with Crippen LogP contribution in [0.4, 0.5) is 10.1 Å². The third-order valence-corrected chi connectivity index (χ3v) is 8.19. The topological polar surface area (TPSA) is 88.4 Å². The van der Waals surface area contributed by atoms with Crippen molar-refractivity contribution in [3.8, 4) is 0 Å². The number of aryl methyl sites for hydroxylation is 1. The van der Waals surface area contributed by atoms with E-state index in [-0.39, 0.29) is 30.7 Å². The molecule has 2 aromatic rings. The van der Waals surface area contributed by atoms with Crippen molar-refractivity contribution in [3.05, 3.63) is 60.8 Å². The number of pyridine rings is 1. The molecule has 0 amide bonds. The van der Waals surface area contributed by atoms with Crippen LogP contribution < -0.4 is 10.3 Å². The Labute approximate surface area is 177 Å². The van der Waals surface area contributed by atoms with Crippen molar-refractivity contribution in [3.63, 3.8) is 0 Å². The molecule has 1 aliphatic carbocycles. The zero-order valence-electron chi connectivity index (χ0n) is 15.6. The van der Waals surface area contributed by atoms with Crippen LogP contribution in [0, 0.1) is 16.3 Å². The minimum Gasteiger partial charge on any atom is -0.396 e. The molecule has 0 saturated heterocycles. The lowest BCUT2D eigenvalue weighted by Crippen LogP contribution is -2.33. The van der Waals surface area contributed by atoms with Gasteiger partial charge in [-0.3, -0.25) is 9.52 Å². The average molecular weight is 520 g/mol. The molecule has 1 aromatic heterocycles. The summed E-state index contributed by atoms with van der Waals surface area (Å²) in [7, 11) is -2.21. The van der Waals surface area contributed by atoms with Gasteiger partial charge in [-0.1, -0.05) is 6.07 Å². The van der Waals surface area contributed by atoms with Crippen molar-refractivity contribution in [2.24, 2.45) is 7.05 Å². The normalized spacial score (nSPS) is 15.5. The van der Waals surface area contributed by atoms with Crippen LogP contribution in [0.25, 0.3) is 0 Å². The van der Waals surface area contributed by atoms with Crippen molar-refractivity contribution in [2.45, 2.75) is 37.4 Å². The number of aliphatic hydroxyl groups is 1. The largest absolute Gasteiger partial charge is 0.396 e. The van der Waals surface area contributed by atoms with E-state index in [1.54, 1.807) is 26.1 Å². The maximum atomic E-state index is 14.4. The van der Waals surface area contributed by atoms with E-state index in [1.807, 2.05) is 22.6 Å². The van der Waals surface area contributed by atoms with Crippen molar-refractivity contribution in [1.82, 2.24) is 4.57 Å². The highest BCUT2D eigenvalue weighted by Crippen LogP contribution is 2.47. The minimum atomic E-state index is -3.76. The molecule has 28 heavy (non-hydrogen) atoms. The fourth-order valence-corrected chi connectivity index (χ4v) is 5.46. The molecule has 1 aliphatic rings. The first-order chi connectivity index (χ1) is 13.1. The van der Waals surface area contributed by atoms with E-state index in [4.69, 9.17) is 0 Å². The molecular formula is C19H22FIN2O4S. The maximum absolute atomic E-state index is 14.4. The van der Waals surface area contributed by atoms with Gasteiger partial charge in [0.1, 0.15) is 5.82 Å². The molecule has 6 nitrogen and oxygen atoms in total. The molecule has 1 fully saturated rings. The van der Waals surface area contributed by atoms with E-state index in [9.17, 15) is 22.7 Å². The molecule has 0 aliphatic heterocycles. The van der Waals surface area contributed by atoms with Gasteiger partial charge in [-0.05, 0) is 72.5 Å². The Morgan fingerprint density at radius 1 is 1.32 bits per heavy atom. The first-order valence-electron chi connectivity index (χ1n) is 8.87. The number of rotatable bonds is 7. The molecule has 0 radical (unpaired) electrons. The van der Waals surface area contributed by atoms with E-state index in [0.29, 0.717) is 29.7 Å². The summed E-state index contributed by atoms with van der Waals surface area (Å²) < 4.78 is 43.9. The zero-order valence-corrected chi connectivity index (χ0v) is 18.6. The highest BCUT2D eigenvalue weighted by atomic mass is 127. The van der Waals surface area contributed by atoms with Crippen molar-refractivity contribution in [1.29, 1.82) is 0 Å². The first kappa shape index (κ1) is 21.3. The number of nitrogens with zero attached hydrogens (tertiary/aromatic N) is 1. The van der Waals surface area contributed by atoms with Crippen LogP contribution in [0.2, 0.25) is 0 Å². The zero-order chi connectivity index (χ0) is 20.7. The SMILES string of the molecule is Cc1cc(NS(=O)(=O)C2(CCO)CC2)c(Cc2ccc(I)cc2F)n(C)c1=O. The van der Waals surface area contributed by atoms with Gasteiger partial charge in [-0.15, -0.1) is 0 Å². The molecule has 0 atom stereocenters. The predicted molar refractivity (Wildman–Crippen MR) is 115 cm³/mol. The highest BCUT2D eigenvalue weighted by Gasteiger charge is 2.54. The van der Waals surface area contributed by atoms with Crippen LogP contribution in [-0.2, 0) is 23.5 Å². The molecule has 0 unspecified atom stereocenters. The summed E-state index contributed by atoms with van der Waals surface area (Å²) in [6, 6.07) is 6.28. The Bertz CT molecular complexity index is 1080. The molecule has 9 heteroatoms. The molecule has 0 spiro atoms. The van der Waals surface area contributed by atoms with Crippen LogP contribution >= 0.6 is 22.6 Å². The summed E-state index contributed by atoms with van der Waals surface area (Å²) in [4.78, 5) is 12.4. The molecule has 1 heterocycles. The average Bonchev–Trinajstić information content (AvgIpc) is 3.40. The van der Waals surface area contributed by atoms with Crippen LogP contribution in [0.15, 0.2) is 29.1 Å². The highest BCUT2D eigenvalue weighted by molar-refractivity contribution is 14.1. The lowest BCUT2D eigenvalue weighted by atomic mass is 10.1. The smallest absolute Gasteiger partial charge is 0.253 e. The summed E-state index contributed by atoms with van der Waals surface area (Å²) in [5, 5.41) is 9.22. The van der Waals surface area contributed by atoms with E-state index in [1.165, 1.54) is 16.7 Å². The summed E-state index contributed by atoms with van der Waals surface area (Å²) in [5.74, 6) is -0.410. The second-order valence-corrected chi connectivity index (χ2v) is 10.5. The summed E-state index contributed by atoms with van der Waals surface area (Å²) in [5.41, 5.74) is 1.15. The van der Waals surface area contributed by atoms with E-state index < -0.39 is 20.6 Å². The molecule has 0 bridgehead atoms. The number of halogens is 2. The Hall–Kier alpha value is -1.46. The lowest BCUT2D eigenvalue weighted by molar-refractivity contribution is 0.283. The Morgan fingerprint density at radius 3 is 2.57 bits per heavy atom. The van der Waals surface area contributed by atoms with Crippen LogP contribution in [0.1, 0.15) is 36.1 Å². The summed E-state index contributed by atoms with van der Waals surface area (Å²) in [6.45, 7) is 1.39. The van der Waals surface area contributed by atoms with Gasteiger partial charge >= 0.3 is 0 Å². The predicted octanol–water partition coefficient (Wildman–Crippen LogP) is 2.68. The van der Waals surface area contributed by atoms with Gasteiger partial charge in [0, 0.05) is 34.9 Å². The number of hydrogen-bond donors (Lipinski definition) is 2. The number of anilines is 1. The number of aromatic nitrogens is 1. The third kappa shape index (κ3) is 3.97. The number of sulfonamides is 1. The minimum absolute atomic E-state index is 0.0691. The molecule has 152 valence electrons. The Morgan fingerprint density at radius 2 is 2.00 bits per heavy atom. The molecule has 1 saturated carbocycles. The van der Waals surface area contributed by atoms with Crippen LogP contribution in [0.5, 0.6) is 0 Å². The van der Waals surface area contributed by atoms with Gasteiger partial charge in [-0.2, -0.15) is 0 Å². The molecule has 1 aromatic carbocycles. The van der Waals surface area contributed by atoms with Gasteiger partial charge in [0.05, 0.1) is 10.4 Å². The Kier molecular flexibility index (Phi) is 5.88. The van der Waals surface area contributed by atoms with E-state index in [0.717, 1.165) is 3.57 Å². The van der Waals surface area contributed by atoms with Gasteiger partial charge in [0.15, 0.2) is 0 Å². The van der Waals surface area contributed by atoms with Gasteiger partial charge in [0.2, 0.25) is 10.0 Å². The lowest BCUT2D eigenvalue weighted by Gasteiger charge is -2.21. The second kappa shape index (κ2) is 7.75. The number of hydrogen-bond acceptors (Lipinski definition) is 4. The third-order valence-electron chi connectivity index (χ3n) is 5.28. The fraction of sp³-hybridized carbons (Fsp3) is 0.421. The van der Waals surface area contributed by atoms with E-state index >= 15 is 0 Å². The summed E-state index contributed by atoms with van der Waals surface area (Å²) >= 11 is 2.01. The fourth-order valence-electron chi connectivity index (χ4n) is 3.33. The molecule has 3 rings (SSSR count). The first-order valence-corrected chi connectivity index (χ1v) is 11.4. The Balaban J connectivity index is 2.05. The van der Waals surface area contributed by atoms with Crippen LogP contribution in [0.3, 0.4) is 0 Å². The summed E-state index contributed by atoms with van der Waals surface area (Å²) in [6.07, 6.45) is 1.19. The number of aliphatic hydroxyl groups excluding tert-OH is 1. The molecular weight excluding hydrogens is 498 g/mol. The van der Waals surface area contributed by atoms with Crippen LogP contribution in [-0.4, -0.2) is 29.4 Å². The van der Waals surface area contributed by atoms with Crippen molar-refractivity contribution in [2.75, 3.05) is 11.3 Å². The standard InChI is InChI=1S/C19H22FIN2O4S/c1-12-9-16(22-28(26,27)19(5-6-19)7-8-24)17(23(2)18(12)25)10-13-3-4-14(21)11-15(13)20/h3-4,9,11,22,24H,5-8,10H2,1-2H3. The van der Waals surface area contributed by atoms with Crippen molar-refractivity contribution < 1.29 is 17.9 Å². The maximum Gasteiger partial charge on any atom is 0.253 e. The van der Waals surface area contributed by atoms with E-state index in [2.05, 4.69) is 4.72 Å². The molecule has 2 N–H and O–H groups in total.